The molecular weight excluding hydrogens is 448 g/mol. The van der Waals surface area contributed by atoms with Crippen LogP contribution >= 0.6 is 0 Å². The van der Waals surface area contributed by atoms with Crippen LogP contribution in [0.5, 0.6) is 0 Å². The summed E-state index contributed by atoms with van der Waals surface area (Å²) in [6, 6.07) is 6.95. The van der Waals surface area contributed by atoms with Gasteiger partial charge >= 0.3 is 20.7 Å². The summed E-state index contributed by atoms with van der Waals surface area (Å²) in [7, 11) is -10.0. The molecule has 1 aliphatic heterocycles. The molecule has 1 aliphatic rings. The van der Waals surface area contributed by atoms with Gasteiger partial charge in [-0.1, -0.05) is 30.3 Å². The van der Waals surface area contributed by atoms with Crippen molar-refractivity contribution in [2.24, 2.45) is 5.73 Å². The molecule has 0 unspecified atom stereocenters. The van der Waals surface area contributed by atoms with Crippen LogP contribution in [0.4, 0.5) is 0 Å². The predicted molar refractivity (Wildman–Crippen MR) is 101 cm³/mol. The quantitative estimate of drug-likeness (QED) is 0.227. The molecule has 6 N–H and O–H groups in total. The van der Waals surface area contributed by atoms with Gasteiger partial charge in [0.1, 0.15) is 24.4 Å². The molecule has 1 saturated heterocycles. The zero-order valence-electron chi connectivity index (χ0n) is 15.6. The second-order valence-corrected chi connectivity index (χ2v) is 8.49. The Balaban J connectivity index is 2.38. The maximum atomic E-state index is 11.4. The smallest absolute Gasteiger partial charge is 0.394 e. The topological polar surface area (TPSA) is 204 Å². The molecule has 1 heterocycles. The molecular formula is C15H24N2O11S2. The molecule has 0 aliphatic carbocycles. The van der Waals surface area contributed by atoms with Crippen LogP contribution in [0.3, 0.4) is 0 Å². The van der Waals surface area contributed by atoms with Gasteiger partial charge in [-0.15, -0.1) is 0 Å². The first-order valence-electron chi connectivity index (χ1n) is 8.68. The van der Waals surface area contributed by atoms with E-state index in [0.717, 1.165) is 0 Å². The summed E-state index contributed by atoms with van der Waals surface area (Å²) >= 11 is 0. The molecule has 0 radical (unpaired) electrons. The zero-order valence-corrected chi connectivity index (χ0v) is 17.2. The molecule has 0 aromatic heterocycles. The second kappa shape index (κ2) is 10.9. The fourth-order valence-corrected chi connectivity index (χ4v) is 4.00. The predicted octanol–water partition coefficient (Wildman–Crippen LogP) is -1.79. The standard InChI is InChI=1S/C15H24N2O11S2/c16-6-7-25-15-12(17-29(19,20)21)14(28-30(22,23)24)13(11(8-18)27-15)26-9-10-4-2-1-3-5-10/h1-5,11-15,17-18H,6-9,16H2,(H,19,20,21)(H,22,23,24)/t11-,12-,13-,14-,15+/m1/s1. The SMILES string of the molecule is NCCO[C@H]1O[C@H](CO)[C@@H](OCc2ccccc2)[C@H](OS(=O)(=O)O)[C@H]1NS(=O)(=O)O. The lowest BCUT2D eigenvalue weighted by Crippen LogP contribution is -2.66. The van der Waals surface area contributed by atoms with Gasteiger partial charge in [0.2, 0.25) is 0 Å². The van der Waals surface area contributed by atoms with Crippen LogP contribution in [0.2, 0.25) is 0 Å². The van der Waals surface area contributed by atoms with Crippen LogP contribution in [-0.4, -0.2) is 81.4 Å². The molecule has 172 valence electrons. The molecule has 13 nitrogen and oxygen atoms in total. The molecule has 1 aromatic rings. The number of hydrogen-bond donors (Lipinski definition) is 5. The monoisotopic (exact) mass is 472 g/mol. The Bertz CT molecular complexity index is 866. The highest BCUT2D eigenvalue weighted by Gasteiger charge is 2.51. The minimum absolute atomic E-state index is 0.00000479. The van der Waals surface area contributed by atoms with Gasteiger partial charge in [-0.25, -0.2) is 4.18 Å². The Labute approximate surface area is 173 Å². The van der Waals surface area contributed by atoms with Crippen LogP contribution in [0.1, 0.15) is 5.56 Å². The van der Waals surface area contributed by atoms with E-state index in [2.05, 4.69) is 4.18 Å². The lowest BCUT2D eigenvalue weighted by molar-refractivity contribution is -0.273. The zero-order chi connectivity index (χ0) is 22.4. The van der Waals surface area contributed by atoms with Gasteiger partial charge in [-0.3, -0.25) is 9.11 Å². The summed E-state index contributed by atoms with van der Waals surface area (Å²) in [6.07, 6.45) is -5.94. The Morgan fingerprint density at radius 3 is 2.27 bits per heavy atom. The number of ether oxygens (including phenoxy) is 3. The molecule has 15 heteroatoms. The molecule has 0 amide bonds. The largest absolute Gasteiger partial charge is 0.397 e. The van der Waals surface area contributed by atoms with E-state index in [-0.39, 0.29) is 19.8 Å². The minimum Gasteiger partial charge on any atom is -0.394 e. The molecule has 1 fully saturated rings. The molecule has 0 bridgehead atoms. The highest BCUT2D eigenvalue weighted by molar-refractivity contribution is 7.83. The van der Waals surface area contributed by atoms with E-state index in [9.17, 15) is 31.0 Å². The van der Waals surface area contributed by atoms with Crippen LogP contribution in [-0.2, 0) is 45.7 Å². The van der Waals surface area contributed by atoms with E-state index < -0.39 is 58.0 Å². The van der Waals surface area contributed by atoms with E-state index in [0.29, 0.717) is 5.56 Å². The van der Waals surface area contributed by atoms with Gasteiger partial charge in [0, 0.05) is 6.54 Å². The molecule has 0 spiro atoms. The third-order valence-corrected chi connectivity index (χ3v) is 5.06. The van der Waals surface area contributed by atoms with Crippen molar-refractivity contribution in [2.75, 3.05) is 19.8 Å². The highest BCUT2D eigenvalue weighted by Crippen LogP contribution is 2.29. The van der Waals surface area contributed by atoms with E-state index in [4.69, 9.17) is 19.9 Å². The van der Waals surface area contributed by atoms with Crippen molar-refractivity contribution in [3.8, 4) is 0 Å². The van der Waals surface area contributed by atoms with Crippen molar-refractivity contribution in [1.82, 2.24) is 4.72 Å². The fourth-order valence-electron chi connectivity index (χ4n) is 2.90. The maximum Gasteiger partial charge on any atom is 0.397 e. The molecule has 0 saturated carbocycles. The van der Waals surface area contributed by atoms with Crippen LogP contribution in [0, 0.1) is 0 Å². The number of nitrogens with one attached hydrogen (secondary N) is 1. The van der Waals surface area contributed by atoms with Gasteiger partial charge in [0.15, 0.2) is 6.29 Å². The Morgan fingerprint density at radius 1 is 1.07 bits per heavy atom. The summed E-state index contributed by atoms with van der Waals surface area (Å²) in [4.78, 5) is 0. The Morgan fingerprint density at radius 2 is 1.73 bits per heavy atom. The van der Waals surface area contributed by atoms with Gasteiger partial charge in [0.25, 0.3) is 0 Å². The molecule has 1 aromatic carbocycles. The van der Waals surface area contributed by atoms with E-state index in [1.165, 1.54) is 0 Å². The third-order valence-electron chi connectivity index (χ3n) is 4.03. The summed E-state index contributed by atoms with van der Waals surface area (Å²) < 4.78 is 86.9. The first-order valence-corrected chi connectivity index (χ1v) is 11.5. The fraction of sp³-hybridized carbons (Fsp3) is 0.600. The minimum atomic E-state index is -5.12. The van der Waals surface area contributed by atoms with Crippen molar-refractivity contribution in [3.05, 3.63) is 35.9 Å². The lowest BCUT2D eigenvalue weighted by Gasteiger charge is -2.44. The molecule has 30 heavy (non-hydrogen) atoms. The second-order valence-electron chi connectivity index (χ2n) is 6.25. The molecule has 2 rings (SSSR count). The van der Waals surface area contributed by atoms with E-state index in [1.807, 2.05) is 0 Å². The van der Waals surface area contributed by atoms with Crippen molar-refractivity contribution in [3.63, 3.8) is 0 Å². The Kier molecular flexibility index (Phi) is 9.07. The van der Waals surface area contributed by atoms with E-state index in [1.54, 1.807) is 35.1 Å². The first kappa shape index (κ1) is 25.0. The average molecular weight is 472 g/mol. The van der Waals surface area contributed by atoms with Crippen molar-refractivity contribution < 1.29 is 49.4 Å². The van der Waals surface area contributed by atoms with E-state index >= 15 is 0 Å². The van der Waals surface area contributed by atoms with Crippen LogP contribution in [0.15, 0.2) is 30.3 Å². The third kappa shape index (κ3) is 7.78. The summed E-state index contributed by atoms with van der Waals surface area (Å²) in [5.74, 6) is 0. The molecule has 5 atom stereocenters. The van der Waals surface area contributed by atoms with Gasteiger partial charge in [-0.05, 0) is 5.56 Å². The average Bonchev–Trinajstić information content (AvgIpc) is 2.65. The summed E-state index contributed by atoms with van der Waals surface area (Å²) in [5, 5.41) is 9.70. The number of aliphatic hydroxyl groups is 1. The maximum absolute atomic E-state index is 11.4. The highest BCUT2D eigenvalue weighted by atomic mass is 32.3. The number of benzene rings is 1. The summed E-state index contributed by atoms with van der Waals surface area (Å²) in [6.45, 7) is -0.921. The van der Waals surface area contributed by atoms with Crippen LogP contribution in [0.25, 0.3) is 0 Å². The number of nitrogens with two attached hydrogens (primary N) is 1. The normalized spacial score (nSPS) is 27.8. The first-order chi connectivity index (χ1) is 14.0. The van der Waals surface area contributed by atoms with Gasteiger partial charge < -0.3 is 25.1 Å². The van der Waals surface area contributed by atoms with Crippen LogP contribution < -0.4 is 10.5 Å². The number of hydrogen-bond acceptors (Lipinski definition) is 10. The van der Waals surface area contributed by atoms with Crippen molar-refractivity contribution >= 4 is 20.7 Å². The van der Waals surface area contributed by atoms with Crippen molar-refractivity contribution in [1.29, 1.82) is 0 Å². The van der Waals surface area contributed by atoms with Crippen molar-refractivity contribution in [2.45, 2.75) is 37.3 Å². The van der Waals surface area contributed by atoms with Gasteiger partial charge in [0.05, 0.1) is 19.8 Å². The Hall–Kier alpha value is -1.24. The summed E-state index contributed by atoms with van der Waals surface area (Å²) in [5.41, 5.74) is 6.02. The van der Waals surface area contributed by atoms with Gasteiger partial charge in [-0.2, -0.15) is 21.6 Å². The number of aliphatic hydroxyl groups excluding tert-OH is 1. The number of rotatable bonds is 11. The lowest BCUT2D eigenvalue weighted by atomic mass is 9.97.